The van der Waals surface area contributed by atoms with Crippen molar-refractivity contribution in [3.05, 3.63) is 41.5 Å². The van der Waals surface area contributed by atoms with Crippen LogP contribution in [0.4, 0.5) is 0 Å². The standard InChI is InChI=1S/C28H34O3S/c1-17(29)21-11-12-22-19-9-10-23-20(16-32-18-7-5-4-6-8-18)24(30)13-14-27(23,2)26(19)25(31)15-28(21,22)3/h4-8,19,21-22,26H,9-16H2,1-3H3/t19-,21+,22-,26+,27-,28+/m0/s1. The summed E-state index contributed by atoms with van der Waals surface area (Å²) in [5.41, 5.74) is 1.89. The minimum atomic E-state index is -0.198. The number of hydrogen-bond donors (Lipinski definition) is 0. The van der Waals surface area contributed by atoms with Gasteiger partial charge in [0.05, 0.1) is 0 Å². The maximum atomic E-state index is 13.7. The number of allylic oxidation sites excluding steroid dienone is 1. The largest absolute Gasteiger partial charge is 0.300 e. The molecule has 170 valence electrons. The molecule has 1 aromatic rings. The number of carbonyl (C=O) groups excluding carboxylic acids is 3. The highest BCUT2D eigenvalue weighted by atomic mass is 32.2. The van der Waals surface area contributed by atoms with Crippen LogP contribution in [-0.2, 0) is 14.4 Å². The predicted octanol–water partition coefficient (Wildman–Crippen LogP) is 6.07. The van der Waals surface area contributed by atoms with Crippen molar-refractivity contribution in [1.29, 1.82) is 0 Å². The maximum absolute atomic E-state index is 13.7. The first-order valence-corrected chi connectivity index (χ1v) is 13.2. The zero-order valence-corrected chi connectivity index (χ0v) is 20.3. The number of fused-ring (bicyclic) bond motifs is 5. The van der Waals surface area contributed by atoms with Gasteiger partial charge >= 0.3 is 0 Å². The first kappa shape index (κ1) is 22.1. The molecular weight excluding hydrogens is 416 g/mol. The quantitative estimate of drug-likeness (QED) is 0.523. The van der Waals surface area contributed by atoms with Gasteiger partial charge in [0.1, 0.15) is 11.6 Å². The number of ketones is 3. The van der Waals surface area contributed by atoms with Gasteiger partial charge in [0, 0.05) is 40.9 Å². The van der Waals surface area contributed by atoms with E-state index in [2.05, 4.69) is 26.0 Å². The van der Waals surface area contributed by atoms with Crippen LogP contribution in [0.1, 0.15) is 65.7 Å². The van der Waals surface area contributed by atoms with Crippen molar-refractivity contribution in [3.8, 4) is 0 Å². The molecule has 6 atom stereocenters. The van der Waals surface area contributed by atoms with Crippen molar-refractivity contribution in [3.63, 3.8) is 0 Å². The lowest BCUT2D eigenvalue weighted by molar-refractivity contribution is -0.148. The summed E-state index contributed by atoms with van der Waals surface area (Å²) in [6.07, 6.45) is 5.81. The summed E-state index contributed by atoms with van der Waals surface area (Å²) in [4.78, 5) is 40.3. The van der Waals surface area contributed by atoms with Crippen LogP contribution in [0.15, 0.2) is 46.4 Å². The van der Waals surface area contributed by atoms with Crippen LogP contribution < -0.4 is 0 Å². The Morgan fingerprint density at radius 2 is 1.81 bits per heavy atom. The average Bonchev–Trinajstić information content (AvgIpc) is 3.10. The highest BCUT2D eigenvalue weighted by Crippen LogP contribution is 2.66. The summed E-state index contributed by atoms with van der Waals surface area (Å²) >= 11 is 1.73. The Morgan fingerprint density at radius 3 is 2.53 bits per heavy atom. The Labute approximate surface area is 195 Å². The molecule has 0 saturated heterocycles. The maximum Gasteiger partial charge on any atom is 0.159 e. The summed E-state index contributed by atoms with van der Waals surface area (Å²) < 4.78 is 0. The Hall–Kier alpha value is -1.68. The van der Waals surface area contributed by atoms with Crippen molar-refractivity contribution in [2.24, 2.45) is 34.5 Å². The zero-order chi connectivity index (χ0) is 22.7. The molecule has 32 heavy (non-hydrogen) atoms. The summed E-state index contributed by atoms with van der Waals surface area (Å²) in [6, 6.07) is 10.3. The fourth-order valence-electron chi connectivity index (χ4n) is 8.16. The normalized spacial score (nSPS) is 38.8. The first-order valence-electron chi connectivity index (χ1n) is 12.2. The van der Waals surface area contributed by atoms with Crippen LogP contribution in [0.25, 0.3) is 0 Å². The van der Waals surface area contributed by atoms with Crippen LogP contribution >= 0.6 is 11.8 Å². The van der Waals surface area contributed by atoms with Gasteiger partial charge in [0.25, 0.3) is 0 Å². The van der Waals surface area contributed by atoms with E-state index in [9.17, 15) is 14.4 Å². The molecule has 4 heteroatoms. The number of benzene rings is 1. The van der Waals surface area contributed by atoms with E-state index < -0.39 is 0 Å². The summed E-state index contributed by atoms with van der Waals surface area (Å²) in [6.45, 7) is 6.20. The summed E-state index contributed by atoms with van der Waals surface area (Å²) in [5.74, 6) is 2.45. The van der Waals surface area contributed by atoms with Gasteiger partial charge in [0.15, 0.2) is 5.78 Å². The topological polar surface area (TPSA) is 51.2 Å². The van der Waals surface area contributed by atoms with Crippen LogP contribution in [-0.4, -0.2) is 23.1 Å². The molecule has 0 unspecified atom stereocenters. The highest BCUT2D eigenvalue weighted by molar-refractivity contribution is 7.99. The summed E-state index contributed by atoms with van der Waals surface area (Å²) in [7, 11) is 0. The van der Waals surface area contributed by atoms with Crippen molar-refractivity contribution < 1.29 is 14.4 Å². The molecule has 5 rings (SSSR count). The van der Waals surface area contributed by atoms with E-state index >= 15 is 0 Å². The third-order valence-electron chi connectivity index (χ3n) is 9.55. The van der Waals surface area contributed by atoms with Gasteiger partial charge in [-0.15, -0.1) is 11.8 Å². The molecule has 4 aliphatic carbocycles. The van der Waals surface area contributed by atoms with Gasteiger partial charge in [-0.3, -0.25) is 14.4 Å². The van der Waals surface area contributed by atoms with Crippen LogP contribution in [0.5, 0.6) is 0 Å². The third-order valence-corrected chi connectivity index (χ3v) is 10.6. The van der Waals surface area contributed by atoms with E-state index in [0.717, 1.165) is 37.7 Å². The lowest BCUT2D eigenvalue weighted by Crippen LogP contribution is -2.55. The minimum absolute atomic E-state index is 0.0138. The van der Waals surface area contributed by atoms with Gasteiger partial charge in [-0.2, -0.15) is 0 Å². The molecule has 0 aromatic heterocycles. The van der Waals surface area contributed by atoms with Gasteiger partial charge in [-0.25, -0.2) is 0 Å². The van der Waals surface area contributed by atoms with Gasteiger partial charge in [-0.1, -0.05) is 37.6 Å². The number of rotatable bonds is 4. The Balaban J connectivity index is 1.48. The van der Waals surface area contributed by atoms with Gasteiger partial charge < -0.3 is 0 Å². The molecule has 1 aromatic carbocycles. The van der Waals surface area contributed by atoms with E-state index in [1.807, 2.05) is 18.2 Å². The molecule has 0 radical (unpaired) electrons. The molecule has 4 aliphatic rings. The Bertz CT molecular complexity index is 995. The zero-order valence-electron chi connectivity index (χ0n) is 19.5. The second-order valence-corrected chi connectivity index (χ2v) is 12.1. The van der Waals surface area contributed by atoms with Crippen molar-refractivity contribution in [1.82, 2.24) is 0 Å². The molecule has 0 amide bonds. The molecule has 0 heterocycles. The number of hydrogen-bond acceptors (Lipinski definition) is 4. The lowest BCUT2D eigenvalue weighted by atomic mass is 9.46. The van der Waals surface area contributed by atoms with E-state index in [4.69, 9.17) is 0 Å². The van der Waals surface area contributed by atoms with Crippen molar-refractivity contribution >= 4 is 29.1 Å². The van der Waals surface area contributed by atoms with Crippen LogP contribution in [0.3, 0.4) is 0 Å². The van der Waals surface area contributed by atoms with Crippen LogP contribution in [0, 0.1) is 34.5 Å². The number of carbonyl (C=O) groups is 3. The second-order valence-electron chi connectivity index (χ2n) is 11.1. The van der Waals surface area contributed by atoms with Crippen molar-refractivity contribution in [2.45, 2.75) is 70.6 Å². The SMILES string of the molecule is CC(=O)[C@H]1CC[C@H]2[C@@H]3CCC4=C(CSc5ccccc5)C(=O)CC[C@]4(C)[C@H]3C(=O)C[C@]12C. The molecule has 3 saturated carbocycles. The van der Waals surface area contributed by atoms with Gasteiger partial charge in [-0.05, 0) is 73.8 Å². The summed E-state index contributed by atoms with van der Waals surface area (Å²) in [5, 5.41) is 0. The fraction of sp³-hybridized carbons (Fsp3) is 0.607. The molecule has 3 fully saturated rings. The predicted molar refractivity (Wildman–Crippen MR) is 127 cm³/mol. The smallest absolute Gasteiger partial charge is 0.159 e. The lowest BCUT2D eigenvalue weighted by Gasteiger charge is -2.57. The Kier molecular flexibility index (Phi) is 5.51. The van der Waals surface area contributed by atoms with E-state index in [1.165, 1.54) is 10.5 Å². The van der Waals surface area contributed by atoms with Gasteiger partial charge in [0.2, 0.25) is 0 Å². The monoisotopic (exact) mass is 450 g/mol. The number of Topliss-reactive ketones (excluding diaryl/α,β-unsaturated/α-hetero) is 3. The first-order chi connectivity index (χ1) is 15.3. The molecule has 0 bridgehead atoms. The van der Waals surface area contributed by atoms with E-state index in [-0.39, 0.29) is 34.2 Å². The van der Waals surface area contributed by atoms with Crippen LogP contribution in [0.2, 0.25) is 0 Å². The molecular formula is C28H34O3S. The number of thioether (sulfide) groups is 1. The average molecular weight is 451 g/mol. The highest BCUT2D eigenvalue weighted by Gasteiger charge is 2.63. The van der Waals surface area contributed by atoms with E-state index in [0.29, 0.717) is 36.2 Å². The second kappa shape index (κ2) is 7.97. The van der Waals surface area contributed by atoms with E-state index in [1.54, 1.807) is 18.7 Å². The molecule has 0 aliphatic heterocycles. The molecule has 3 nitrogen and oxygen atoms in total. The molecule has 0 N–H and O–H groups in total. The fourth-order valence-corrected chi connectivity index (χ4v) is 9.16. The van der Waals surface area contributed by atoms with Crippen molar-refractivity contribution in [2.75, 3.05) is 5.75 Å². The third kappa shape index (κ3) is 3.28. The molecule has 0 spiro atoms. The Morgan fingerprint density at radius 1 is 1.06 bits per heavy atom. The minimum Gasteiger partial charge on any atom is -0.300 e.